The molecule has 0 bridgehead atoms. The molecule has 0 aliphatic heterocycles. The highest BCUT2D eigenvalue weighted by Crippen LogP contribution is 2.29. The van der Waals surface area contributed by atoms with Gasteiger partial charge in [-0.2, -0.15) is 0 Å². The molecule has 690 valence electrons. The predicted molar refractivity (Wildman–Crippen MR) is 496 cm³/mol. The predicted octanol–water partition coefficient (Wildman–Crippen LogP) is 7.08. The Hall–Kier alpha value is -12.1. The van der Waals surface area contributed by atoms with Gasteiger partial charge in [0.2, 0.25) is 70.9 Å². The smallest absolute Gasteiger partial charge is 0.243 e. The minimum absolute atomic E-state index is 0.0198. The average Bonchev–Trinajstić information content (AvgIpc) is 0.817. The van der Waals surface area contributed by atoms with Crippen LogP contribution in [0.2, 0.25) is 0 Å². The number of hydrogen-bond acceptors (Lipinski definition) is 18. The number of primary amides is 1. The quantitative estimate of drug-likeness (QED) is 0.0187. The fourth-order valence-corrected chi connectivity index (χ4v) is 15.2. The van der Waals surface area contributed by atoms with Crippen molar-refractivity contribution in [2.45, 2.75) is 142 Å². The van der Waals surface area contributed by atoms with Gasteiger partial charge in [-0.3, -0.25) is 57.5 Å². The van der Waals surface area contributed by atoms with Crippen molar-refractivity contribution in [1.82, 2.24) is 59.2 Å². The highest BCUT2D eigenvalue weighted by atomic mass is 16.2. The van der Waals surface area contributed by atoms with Crippen LogP contribution in [0.4, 0.5) is 0 Å². The van der Waals surface area contributed by atoms with Crippen molar-refractivity contribution < 1.29 is 57.5 Å². The summed E-state index contributed by atoms with van der Waals surface area (Å²) < 4.78 is 0. The van der Waals surface area contributed by atoms with Crippen LogP contribution in [0.5, 0.6) is 0 Å². The molecule has 0 saturated carbocycles. The van der Waals surface area contributed by atoms with Crippen LogP contribution in [0, 0.1) is 0 Å². The first-order chi connectivity index (χ1) is 61.8. The molecule has 0 radical (unpaired) electrons. The zero-order chi connectivity index (χ0) is 92.7. The van der Waals surface area contributed by atoms with E-state index >= 15 is 33.6 Å². The molecule has 7 aromatic rings. The maximum atomic E-state index is 16.0. The standard InChI is InChI=1S/C98H136N18O12/c1-75(82-41-17-8-18-42-82)112(64-87(104)117)94(124)68-107(58-34-29-53-101)89(119)65-106(57-33-28-52-100)92(122)71-113(76(2)83-43-19-9-20-44-83)97(127)74-116(79(5)86-49-25-12-26-50-86)96(126)70-109(60-36-31-55-103)93(123)72-114(77(3)84-45-21-10-22-46-84)98(128)73-115(78(4)85-47-23-11-24-48-85)95(125)69-108(59-35-30-54-102)90(120)66-111(63-81-39-15-7-16-40-81)91(121)67-110(62-80-37-13-6-14-38-80)88(118)61-105-56-32-27-51-99/h6-26,37-50,75-79,105H,27-36,51-74,99-103H2,1-5H3,(H2,104,117)/t75-,76-,77-,78-,79-/m0/s1. The van der Waals surface area contributed by atoms with E-state index in [0.29, 0.717) is 98.8 Å². The molecule has 0 spiro atoms. The minimum atomic E-state index is -0.845. The van der Waals surface area contributed by atoms with Gasteiger partial charge in [0.25, 0.3) is 0 Å². The summed E-state index contributed by atoms with van der Waals surface area (Å²) in [5, 5.41) is 3.18. The van der Waals surface area contributed by atoms with Crippen LogP contribution < -0.4 is 39.7 Å². The van der Waals surface area contributed by atoms with Crippen LogP contribution in [0.15, 0.2) is 212 Å². The summed E-state index contributed by atoms with van der Waals surface area (Å²) in [5.41, 5.74) is 40.4. The second-order valence-corrected chi connectivity index (χ2v) is 32.4. The van der Waals surface area contributed by atoms with Crippen LogP contribution >= 0.6 is 0 Å². The van der Waals surface area contributed by atoms with Crippen LogP contribution in [0.3, 0.4) is 0 Å². The summed E-state index contributed by atoms with van der Waals surface area (Å²) in [6, 6.07) is 59.6. The molecular formula is C98H136N18O12. The number of nitrogens with one attached hydrogen (secondary N) is 1. The SMILES string of the molecule is C[C@@H](c1ccccc1)N(CC(N)=O)C(=O)CN(CCCCN)C(=O)CN(CCCCN)C(=O)CN(C(=O)CN(C(=O)CN(CCCCN)C(=O)CN(C(=O)CN(C(=O)CN(CCCCN)C(=O)CN(Cc1ccccc1)C(=O)CN(Cc1ccccc1)C(=O)CNCCCCN)[C@@H](C)c1ccccc1)[C@@H](C)c1ccccc1)[C@@H](C)c1ccccc1)[C@@H](C)c1ccccc1. The topological polar surface area (TPSA) is 409 Å². The van der Waals surface area contributed by atoms with Crippen LogP contribution in [0.1, 0.15) is 168 Å². The van der Waals surface area contributed by atoms with E-state index in [4.69, 9.17) is 34.4 Å². The summed E-state index contributed by atoms with van der Waals surface area (Å²) in [5.74, 6) is -7.25. The third kappa shape index (κ3) is 33.9. The summed E-state index contributed by atoms with van der Waals surface area (Å²) >= 11 is 0. The Bertz CT molecular complexity index is 4550. The van der Waals surface area contributed by atoms with Crippen molar-refractivity contribution in [3.63, 3.8) is 0 Å². The molecule has 128 heavy (non-hydrogen) atoms. The summed E-state index contributed by atoms with van der Waals surface area (Å²) in [4.78, 5) is 196. The lowest BCUT2D eigenvalue weighted by Crippen LogP contribution is -2.53. The maximum Gasteiger partial charge on any atom is 0.243 e. The van der Waals surface area contributed by atoms with Crippen molar-refractivity contribution in [3.8, 4) is 0 Å². The van der Waals surface area contributed by atoms with Gasteiger partial charge >= 0.3 is 0 Å². The summed E-state index contributed by atoms with van der Waals surface area (Å²) in [6.07, 6.45) is 4.85. The third-order valence-electron chi connectivity index (χ3n) is 23.0. The number of nitrogens with zero attached hydrogens (tertiary/aromatic N) is 11. The van der Waals surface area contributed by atoms with Gasteiger partial charge in [-0.1, -0.05) is 212 Å². The van der Waals surface area contributed by atoms with E-state index in [0.717, 1.165) is 24.0 Å². The second-order valence-electron chi connectivity index (χ2n) is 32.4. The van der Waals surface area contributed by atoms with Gasteiger partial charge in [0.05, 0.1) is 69.5 Å². The Balaban J connectivity index is 1.21. The van der Waals surface area contributed by atoms with E-state index in [9.17, 15) is 24.0 Å². The van der Waals surface area contributed by atoms with Crippen LogP contribution in [0.25, 0.3) is 0 Å². The molecular weight excluding hydrogens is 1620 g/mol. The molecule has 30 nitrogen and oxygen atoms in total. The lowest BCUT2D eigenvalue weighted by atomic mass is 10.0. The number of carbonyl (C=O) groups excluding carboxylic acids is 12. The molecule has 0 unspecified atom stereocenters. The van der Waals surface area contributed by atoms with Gasteiger partial charge in [-0.25, -0.2) is 0 Å². The van der Waals surface area contributed by atoms with Crippen molar-refractivity contribution in [1.29, 1.82) is 0 Å². The Morgan fingerprint density at radius 2 is 0.445 bits per heavy atom. The van der Waals surface area contributed by atoms with Crippen molar-refractivity contribution in [3.05, 3.63) is 251 Å². The van der Waals surface area contributed by atoms with E-state index in [2.05, 4.69) is 5.32 Å². The Labute approximate surface area is 755 Å². The van der Waals surface area contributed by atoms with E-state index in [1.165, 1.54) is 53.9 Å². The molecule has 0 aliphatic carbocycles. The molecule has 12 amide bonds. The monoisotopic (exact) mass is 1760 g/mol. The summed E-state index contributed by atoms with van der Waals surface area (Å²) in [6.45, 7) is 5.19. The van der Waals surface area contributed by atoms with Crippen molar-refractivity contribution >= 4 is 70.9 Å². The lowest BCUT2D eigenvalue weighted by molar-refractivity contribution is -0.151. The van der Waals surface area contributed by atoms with Gasteiger partial charge < -0.3 is 93.6 Å². The first-order valence-corrected chi connectivity index (χ1v) is 44.8. The molecule has 0 saturated heterocycles. The summed E-state index contributed by atoms with van der Waals surface area (Å²) in [7, 11) is 0. The number of benzene rings is 7. The minimum Gasteiger partial charge on any atom is -0.368 e. The fourth-order valence-electron chi connectivity index (χ4n) is 15.2. The van der Waals surface area contributed by atoms with Crippen LogP contribution in [-0.4, -0.2) is 269 Å². The Morgan fingerprint density at radius 3 is 0.711 bits per heavy atom. The molecule has 5 atom stereocenters. The maximum absolute atomic E-state index is 16.0. The molecule has 0 aliphatic rings. The normalized spacial score (nSPS) is 12.2. The van der Waals surface area contributed by atoms with Gasteiger partial charge in [0.15, 0.2) is 0 Å². The van der Waals surface area contributed by atoms with E-state index in [-0.39, 0.29) is 77.9 Å². The highest BCUT2D eigenvalue weighted by Gasteiger charge is 2.38. The van der Waals surface area contributed by atoms with Crippen molar-refractivity contribution in [2.75, 3.05) is 144 Å². The van der Waals surface area contributed by atoms with Gasteiger partial charge in [0, 0.05) is 39.3 Å². The van der Waals surface area contributed by atoms with Crippen molar-refractivity contribution in [2.24, 2.45) is 34.4 Å². The zero-order valence-corrected chi connectivity index (χ0v) is 75.4. The third-order valence-corrected chi connectivity index (χ3v) is 23.0. The molecule has 0 heterocycles. The van der Waals surface area contributed by atoms with E-state index in [1.807, 2.05) is 127 Å². The zero-order valence-electron chi connectivity index (χ0n) is 75.4. The second kappa shape index (κ2) is 56.2. The largest absolute Gasteiger partial charge is 0.368 e. The molecule has 30 heteroatoms. The number of nitrogens with two attached hydrogens (primary N) is 6. The average molecular weight is 1760 g/mol. The molecule has 7 rings (SSSR count). The number of unbranched alkanes of at least 4 members (excludes halogenated alkanes) is 5. The van der Waals surface area contributed by atoms with E-state index in [1.54, 1.807) is 120 Å². The molecule has 0 aromatic heterocycles. The Kier molecular flexibility index (Phi) is 45.2. The number of amides is 12. The first-order valence-electron chi connectivity index (χ1n) is 44.8. The lowest BCUT2D eigenvalue weighted by Gasteiger charge is -2.37. The first kappa shape index (κ1) is 103. The number of hydrogen-bond donors (Lipinski definition) is 7. The molecule has 7 aromatic carbocycles. The molecule has 13 N–H and O–H groups in total. The van der Waals surface area contributed by atoms with Gasteiger partial charge in [0.1, 0.15) is 39.3 Å². The Morgan fingerprint density at radius 1 is 0.242 bits per heavy atom. The molecule has 0 fully saturated rings. The number of rotatable bonds is 58. The number of carbonyl (C=O) groups is 12. The van der Waals surface area contributed by atoms with Gasteiger partial charge in [-0.05, 0) is 177 Å². The fraction of sp³-hybridized carbons (Fsp3) is 0.449. The van der Waals surface area contributed by atoms with Gasteiger partial charge in [-0.15, -0.1) is 0 Å². The highest BCUT2D eigenvalue weighted by molar-refractivity contribution is 5.96. The van der Waals surface area contributed by atoms with E-state index < -0.39 is 161 Å². The van der Waals surface area contributed by atoms with Crippen LogP contribution in [-0.2, 0) is 70.6 Å².